The molecule has 7 heteroatoms. The molecule has 1 N–H and O–H groups in total. The van der Waals surface area contributed by atoms with Crippen LogP contribution in [0.25, 0.3) is 0 Å². The number of nitro benzene ring substituents is 1. The van der Waals surface area contributed by atoms with Crippen molar-refractivity contribution in [2.75, 3.05) is 0 Å². The first-order chi connectivity index (χ1) is 8.68. The summed E-state index contributed by atoms with van der Waals surface area (Å²) in [6, 6.07) is 0.942. The molecule has 0 saturated heterocycles. The van der Waals surface area contributed by atoms with Gasteiger partial charge in [-0.2, -0.15) is 0 Å². The van der Waals surface area contributed by atoms with Crippen LogP contribution < -0.4 is 5.32 Å². The zero-order valence-electron chi connectivity index (χ0n) is 10.8. The summed E-state index contributed by atoms with van der Waals surface area (Å²) >= 11 is 0. The van der Waals surface area contributed by atoms with Gasteiger partial charge in [0.1, 0.15) is 5.56 Å². The van der Waals surface area contributed by atoms with Gasteiger partial charge in [-0.15, -0.1) is 0 Å². The Bertz CT molecular complexity index is 530. The highest BCUT2D eigenvalue weighted by Crippen LogP contribution is 2.23. The Morgan fingerprint density at radius 1 is 1.37 bits per heavy atom. The average molecular weight is 272 g/mol. The molecule has 1 aromatic carbocycles. The number of hydrogen-bond acceptors (Lipinski definition) is 3. The quantitative estimate of drug-likeness (QED) is 0.676. The SMILES string of the molecule is CCC(C)(C)NC(=O)c1cc(F)c(F)cc1[N+](=O)[O-]. The fourth-order valence-corrected chi connectivity index (χ4v) is 1.33. The minimum atomic E-state index is -1.36. The highest BCUT2D eigenvalue weighted by atomic mass is 19.2. The predicted molar refractivity (Wildman–Crippen MR) is 64.8 cm³/mol. The second-order valence-electron chi connectivity index (χ2n) is 4.73. The molecule has 0 aromatic heterocycles. The second kappa shape index (κ2) is 5.29. The lowest BCUT2D eigenvalue weighted by molar-refractivity contribution is -0.385. The largest absolute Gasteiger partial charge is 0.347 e. The molecule has 104 valence electrons. The van der Waals surface area contributed by atoms with Gasteiger partial charge in [-0.1, -0.05) is 6.92 Å². The molecule has 0 aliphatic heterocycles. The Morgan fingerprint density at radius 3 is 2.37 bits per heavy atom. The zero-order chi connectivity index (χ0) is 14.8. The van der Waals surface area contributed by atoms with Crippen molar-refractivity contribution in [3.63, 3.8) is 0 Å². The van der Waals surface area contributed by atoms with E-state index in [4.69, 9.17) is 0 Å². The van der Waals surface area contributed by atoms with E-state index in [9.17, 15) is 23.7 Å². The fourth-order valence-electron chi connectivity index (χ4n) is 1.33. The van der Waals surface area contributed by atoms with E-state index in [0.717, 1.165) is 0 Å². The Hall–Kier alpha value is -2.05. The summed E-state index contributed by atoms with van der Waals surface area (Å²) in [5, 5.41) is 13.3. The minimum absolute atomic E-state index is 0.406. The van der Waals surface area contributed by atoms with Crippen molar-refractivity contribution in [1.82, 2.24) is 5.32 Å². The van der Waals surface area contributed by atoms with Gasteiger partial charge < -0.3 is 5.32 Å². The van der Waals surface area contributed by atoms with E-state index in [2.05, 4.69) is 5.32 Å². The maximum atomic E-state index is 13.1. The van der Waals surface area contributed by atoms with Crippen molar-refractivity contribution in [3.05, 3.63) is 39.4 Å². The van der Waals surface area contributed by atoms with E-state index in [1.54, 1.807) is 13.8 Å². The van der Waals surface area contributed by atoms with E-state index in [1.807, 2.05) is 6.92 Å². The van der Waals surface area contributed by atoms with Crippen molar-refractivity contribution in [1.29, 1.82) is 0 Å². The molecule has 5 nitrogen and oxygen atoms in total. The van der Waals surface area contributed by atoms with E-state index < -0.39 is 39.3 Å². The summed E-state index contributed by atoms with van der Waals surface area (Å²) in [5.74, 6) is -3.47. The number of nitro groups is 1. The molecule has 0 saturated carbocycles. The van der Waals surface area contributed by atoms with Crippen LogP contribution in [-0.2, 0) is 0 Å². The summed E-state index contributed by atoms with van der Waals surface area (Å²) in [6.07, 6.45) is 0.580. The van der Waals surface area contributed by atoms with Gasteiger partial charge in [-0.05, 0) is 26.3 Å². The van der Waals surface area contributed by atoms with Crippen LogP contribution in [0.2, 0.25) is 0 Å². The molecule has 1 amide bonds. The lowest BCUT2D eigenvalue weighted by Crippen LogP contribution is -2.43. The summed E-state index contributed by atoms with van der Waals surface area (Å²) in [4.78, 5) is 21.7. The molecule has 1 rings (SSSR count). The van der Waals surface area contributed by atoms with Gasteiger partial charge in [0.2, 0.25) is 0 Å². The fraction of sp³-hybridized carbons (Fsp3) is 0.417. The third-order valence-corrected chi connectivity index (χ3v) is 2.82. The third-order valence-electron chi connectivity index (χ3n) is 2.82. The van der Waals surface area contributed by atoms with Crippen LogP contribution in [0.15, 0.2) is 12.1 Å². The number of nitrogens with one attached hydrogen (secondary N) is 1. The van der Waals surface area contributed by atoms with Gasteiger partial charge in [0.15, 0.2) is 11.6 Å². The second-order valence-corrected chi connectivity index (χ2v) is 4.73. The number of hydrogen-bond donors (Lipinski definition) is 1. The van der Waals surface area contributed by atoms with Crippen LogP contribution in [0.1, 0.15) is 37.6 Å². The zero-order valence-corrected chi connectivity index (χ0v) is 10.8. The van der Waals surface area contributed by atoms with Crippen molar-refractivity contribution in [2.24, 2.45) is 0 Å². The monoisotopic (exact) mass is 272 g/mol. The number of benzene rings is 1. The summed E-state index contributed by atoms with van der Waals surface area (Å²) in [7, 11) is 0. The van der Waals surface area contributed by atoms with Crippen molar-refractivity contribution < 1.29 is 18.5 Å². The molecule has 0 radical (unpaired) electrons. The van der Waals surface area contributed by atoms with Crippen LogP contribution in [0.3, 0.4) is 0 Å². The normalized spacial score (nSPS) is 11.2. The number of carbonyl (C=O) groups is 1. The first-order valence-corrected chi connectivity index (χ1v) is 5.64. The molecule has 0 aliphatic carbocycles. The predicted octanol–water partition coefficient (Wildman–Crippen LogP) is 2.79. The van der Waals surface area contributed by atoms with Gasteiger partial charge >= 0.3 is 0 Å². The van der Waals surface area contributed by atoms with E-state index in [1.165, 1.54) is 0 Å². The maximum absolute atomic E-state index is 13.1. The minimum Gasteiger partial charge on any atom is -0.347 e. The van der Waals surface area contributed by atoms with Crippen LogP contribution >= 0.6 is 0 Å². The number of nitrogens with zero attached hydrogens (tertiary/aromatic N) is 1. The van der Waals surface area contributed by atoms with Crippen LogP contribution in [0.5, 0.6) is 0 Å². The average Bonchev–Trinajstić information content (AvgIpc) is 2.31. The Kier molecular flexibility index (Phi) is 4.18. The first-order valence-electron chi connectivity index (χ1n) is 5.64. The van der Waals surface area contributed by atoms with E-state index >= 15 is 0 Å². The van der Waals surface area contributed by atoms with E-state index in [-0.39, 0.29) is 0 Å². The molecular formula is C12H14F2N2O3. The van der Waals surface area contributed by atoms with Crippen molar-refractivity contribution >= 4 is 11.6 Å². The standard InChI is InChI=1S/C12H14F2N2O3/c1-4-12(2,3)15-11(17)7-5-8(13)9(14)6-10(7)16(18)19/h5-6H,4H2,1-3H3,(H,15,17). The Balaban J connectivity index is 3.22. The molecule has 1 aromatic rings. The summed E-state index contributed by atoms with van der Waals surface area (Å²) < 4.78 is 26.1. The smallest absolute Gasteiger partial charge is 0.285 e. The van der Waals surface area contributed by atoms with Gasteiger partial charge in [0.05, 0.1) is 11.0 Å². The highest BCUT2D eigenvalue weighted by molar-refractivity contribution is 5.98. The molecule has 19 heavy (non-hydrogen) atoms. The van der Waals surface area contributed by atoms with Crippen molar-refractivity contribution in [3.8, 4) is 0 Å². The van der Waals surface area contributed by atoms with Gasteiger partial charge in [-0.25, -0.2) is 8.78 Å². The van der Waals surface area contributed by atoms with Gasteiger partial charge in [0, 0.05) is 5.54 Å². The van der Waals surface area contributed by atoms with Gasteiger partial charge in [0.25, 0.3) is 11.6 Å². The van der Waals surface area contributed by atoms with Gasteiger partial charge in [-0.3, -0.25) is 14.9 Å². The summed E-state index contributed by atoms with van der Waals surface area (Å²) in [5.41, 5.74) is -1.86. The number of amides is 1. The topological polar surface area (TPSA) is 72.2 Å². The number of rotatable bonds is 4. The van der Waals surface area contributed by atoms with Crippen molar-refractivity contribution in [2.45, 2.75) is 32.7 Å². The molecule has 0 aliphatic rings. The Labute approximate surface area is 108 Å². The molecule has 0 spiro atoms. The van der Waals surface area contributed by atoms with Crippen LogP contribution in [0.4, 0.5) is 14.5 Å². The third kappa shape index (κ3) is 3.46. The molecular weight excluding hydrogens is 258 g/mol. The molecule has 0 fully saturated rings. The maximum Gasteiger partial charge on any atom is 0.285 e. The Morgan fingerprint density at radius 2 is 1.89 bits per heavy atom. The highest BCUT2D eigenvalue weighted by Gasteiger charge is 2.27. The first kappa shape index (κ1) is 15.0. The van der Waals surface area contributed by atoms with E-state index in [0.29, 0.717) is 18.6 Å². The number of carbonyl (C=O) groups excluding carboxylic acids is 1. The lowest BCUT2D eigenvalue weighted by atomic mass is 10.0. The summed E-state index contributed by atoms with van der Waals surface area (Å²) in [6.45, 7) is 5.26. The molecule has 0 heterocycles. The van der Waals surface area contributed by atoms with Crippen LogP contribution in [-0.4, -0.2) is 16.4 Å². The number of halogens is 2. The molecule has 0 unspecified atom stereocenters. The molecule has 0 atom stereocenters. The lowest BCUT2D eigenvalue weighted by Gasteiger charge is -2.24. The van der Waals surface area contributed by atoms with Crippen LogP contribution in [0, 0.1) is 21.7 Å². The molecule has 0 bridgehead atoms.